The van der Waals surface area contributed by atoms with Gasteiger partial charge in [0, 0.05) is 13.7 Å². The maximum atomic E-state index is 11.9. The van der Waals surface area contributed by atoms with Crippen molar-refractivity contribution in [2.45, 2.75) is 25.8 Å². The number of hydrogen-bond acceptors (Lipinski definition) is 4. The average molecular weight is 272 g/mol. The number of anilines is 1. The number of hydrogen-bond donors (Lipinski definition) is 1. The van der Waals surface area contributed by atoms with Gasteiger partial charge in [-0.3, -0.25) is 4.79 Å². The fourth-order valence-corrected chi connectivity index (χ4v) is 1.96. The van der Waals surface area contributed by atoms with Crippen molar-refractivity contribution < 1.29 is 4.74 Å². The summed E-state index contributed by atoms with van der Waals surface area (Å²) >= 11 is 6.03. The Morgan fingerprint density at radius 1 is 1.61 bits per heavy atom. The first-order valence-corrected chi connectivity index (χ1v) is 6.58. The van der Waals surface area contributed by atoms with Crippen molar-refractivity contribution in [1.82, 2.24) is 9.78 Å². The van der Waals surface area contributed by atoms with Crippen molar-refractivity contribution in [3.8, 4) is 0 Å². The minimum Gasteiger partial charge on any atom is -0.383 e. The number of halogens is 1. The molecule has 1 aliphatic carbocycles. The Kier molecular flexibility index (Phi) is 4.60. The largest absolute Gasteiger partial charge is 0.383 e. The lowest BCUT2D eigenvalue weighted by Crippen LogP contribution is -2.26. The first-order valence-electron chi connectivity index (χ1n) is 6.21. The normalized spacial score (nSPS) is 14.8. The van der Waals surface area contributed by atoms with Crippen LogP contribution in [-0.4, -0.2) is 30.0 Å². The molecule has 6 heteroatoms. The van der Waals surface area contributed by atoms with Crippen molar-refractivity contribution in [2.24, 2.45) is 5.92 Å². The third-order valence-electron chi connectivity index (χ3n) is 3.06. The van der Waals surface area contributed by atoms with Crippen molar-refractivity contribution in [1.29, 1.82) is 0 Å². The highest BCUT2D eigenvalue weighted by Gasteiger charge is 2.20. The number of methoxy groups -OCH3 is 1. The van der Waals surface area contributed by atoms with Gasteiger partial charge >= 0.3 is 0 Å². The molecule has 0 spiro atoms. The van der Waals surface area contributed by atoms with Gasteiger partial charge < -0.3 is 10.1 Å². The fourth-order valence-electron chi connectivity index (χ4n) is 1.74. The molecular formula is C12H18ClN3O2. The van der Waals surface area contributed by atoms with Crippen LogP contribution in [0.1, 0.15) is 19.3 Å². The van der Waals surface area contributed by atoms with Gasteiger partial charge in [-0.05, 0) is 12.3 Å². The van der Waals surface area contributed by atoms with Gasteiger partial charge in [-0.1, -0.05) is 24.4 Å². The van der Waals surface area contributed by atoms with Crippen LogP contribution in [0.4, 0.5) is 5.69 Å². The molecule has 1 saturated carbocycles. The van der Waals surface area contributed by atoms with E-state index in [1.165, 1.54) is 17.5 Å². The topological polar surface area (TPSA) is 56.1 Å². The molecule has 0 aromatic carbocycles. The standard InChI is InChI=1S/C12H18ClN3O2/c1-18-7-6-16-12(17)11(13)10(8-15-16)14-5-4-9-2-3-9/h8-9,14H,2-7H2,1H3. The molecule has 0 amide bonds. The predicted molar refractivity (Wildman–Crippen MR) is 71.2 cm³/mol. The molecule has 0 atom stereocenters. The van der Waals surface area contributed by atoms with Crippen LogP contribution < -0.4 is 10.9 Å². The Morgan fingerprint density at radius 2 is 2.39 bits per heavy atom. The van der Waals surface area contributed by atoms with Gasteiger partial charge in [0.2, 0.25) is 0 Å². The SMILES string of the molecule is COCCn1ncc(NCCC2CC2)c(Cl)c1=O. The molecule has 0 radical (unpaired) electrons. The van der Waals surface area contributed by atoms with E-state index in [4.69, 9.17) is 16.3 Å². The lowest BCUT2D eigenvalue weighted by atomic mass is 10.3. The molecule has 1 heterocycles. The number of nitrogens with one attached hydrogen (secondary N) is 1. The Labute approximate surface area is 111 Å². The molecule has 100 valence electrons. The lowest BCUT2D eigenvalue weighted by molar-refractivity contribution is 0.182. The van der Waals surface area contributed by atoms with E-state index in [0.717, 1.165) is 18.9 Å². The Balaban J connectivity index is 1.97. The van der Waals surface area contributed by atoms with Crippen LogP contribution in [0.15, 0.2) is 11.0 Å². The third-order valence-corrected chi connectivity index (χ3v) is 3.42. The van der Waals surface area contributed by atoms with Gasteiger partial charge in [0.1, 0.15) is 5.02 Å². The zero-order chi connectivity index (χ0) is 13.0. The molecular weight excluding hydrogens is 254 g/mol. The first-order chi connectivity index (χ1) is 8.72. The van der Waals surface area contributed by atoms with Crippen molar-refractivity contribution >= 4 is 17.3 Å². The van der Waals surface area contributed by atoms with Gasteiger partial charge in [-0.25, -0.2) is 4.68 Å². The van der Waals surface area contributed by atoms with Gasteiger partial charge in [0.25, 0.3) is 5.56 Å². The predicted octanol–water partition coefficient (Wildman–Crippen LogP) is 1.76. The summed E-state index contributed by atoms with van der Waals surface area (Å²) in [5.74, 6) is 0.853. The van der Waals surface area contributed by atoms with Crippen LogP contribution >= 0.6 is 11.6 Å². The zero-order valence-corrected chi connectivity index (χ0v) is 11.2. The third kappa shape index (κ3) is 3.46. The molecule has 0 saturated heterocycles. The Bertz CT molecular complexity index is 457. The Morgan fingerprint density at radius 3 is 3.06 bits per heavy atom. The lowest BCUT2D eigenvalue weighted by Gasteiger charge is -2.09. The van der Waals surface area contributed by atoms with Crippen LogP contribution in [0.5, 0.6) is 0 Å². The summed E-state index contributed by atoms with van der Waals surface area (Å²) in [4.78, 5) is 11.9. The van der Waals surface area contributed by atoms with Crippen LogP contribution in [-0.2, 0) is 11.3 Å². The maximum Gasteiger partial charge on any atom is 0.287 e. The molecule has 1 aromatic heterocycles. The average Bonchev–Trinajstić information content (AvgIpc) is 3.18. The van der Waals surface area contributed by atoms with Gasteiger partial charge in [-0.15, -0.1) is 0 Å². The van der Waals surface area contributed by atoms with E-state index in [1.54, 1.807) is 13.3 Å². The summed E-state index contributed by atoms with van der Waals surface area (Å²) in [5.41, 5.74) is 0.348. The second-order valence-electron chi connectivity index (χ2n) is 4.55. The summed E-state index contributed by atoms with van der Waals surface area (Å²) in [6.45, 7) is 1.70. The van der Waals surface area contributed by atoms with E-state index in [-0.39, 0.29) is 10.6 Å². The molecule has 5 nitrogen and oxygen atoms in total. The van der Waals surface area contributed by atoms with Crippen LogP contribution in [0.3, 0.4) is 0 Å². The van der Waals surface area contributed by atoms with Crippen LogP contribution in [0, 0.1) is 5.92 Å². The maximum absolute atomic E-state index is 11.9. The van der Waals surface area contributed by atoms with Crippen molar-refractivity contribution in [3.05, 3.63) is 21.6 Å². The highest BCUT2D eigenvalue weighted by atomic mass is 35.5. The van der Waals surface area contributed by atoms with E-state index in [2.05, 4.69) is 10.4 Å². The monoisotopic (exact) mass is 271 g/mol. The van der Waals surface area contributed by atoms with Gasteiger partial charge in [-0.2, -0.15) is 5.10 Å². The van der Waals surface area contributed by atoms with E-state index in [9.17, 15) is 4.79 Å². The number of rotatable bonds is 7. The second kappa shape index (κ2) is 6.20. The second-order valence-corrected chi connectivity index (χ2v) is 4.93. The molecule has 0 aliphatic heterocycles. The zero-order valence-electron chi connectivity index (χ0n) is 10.5. The van der Waals surface area contributed by atoms with Crippen molar-refractivity contribution in [3.63, 3.8) is 0 Å². The summed E-state index contributed by atoms with van der Waals surface area (Å²) in [5, 5.41) is 7.44. The number of nitrogens with zero attached hydrogens (tertiary/aromatic N) is 2. The first kappa shape index (κ1) is 13.4. The molecule has 1 fully saturated rings. The molecule has 0 bridgehead atoms. The molecule has 0 unspecified atom stereocenters. The van der Waals surface area contributed by atoms with Gasteiger partial charge in [0.05, 0.1) is 25.0 Å². The highest BCUT2D eigenvalue weighted by molar-refractivity contribution is 6.32. The molecule has 1 aliphatic rings. The van der Waals surface area contributed by atoms with Crippen LogP contribution in [0.2, 0.25) is 5.02 Å². The minimum absolute atomic E-state index is 0.205. The molecule has 18 heavy (non-hydrogen) atoms. The smallest absolute Gasteiger partial charge is 0.287 e. The Hall–Kier alpha value is -1.07. The van der Waals surface area contributed by atoms with Crippen LogP contribution in [0.25, 0.3) is 0 Å². The fraction of sp³-hybridized carbons (Fsp3) is 0.667. The minimum atomic E-state index is -0.273. The van der Waals surface area contributed by atoms with Crippen molar-refractivity contribution in [2.75, 3.05) is 25.6 Å². The quantitative estimate of drug-likeness (QED) is 0.821. The summed E-state index contributed by atoms with van der Waals surface area (Å²) < 4.78 is 6.23. The highest BCUT2D eigenvalue weighted by Crippen LogP contribution is 2.32. The van der Waals surface area contributed by atoms with E-state index < -0.39 is 0 Å². The summed E-state index contributed by atoms with van der Waals surface area (Å²) in [7, 11) is 1.58. The van der Waals surface area contributed by atoms with Gasteiger partial charge in [0.15, 0.2) is 0 Å². The number of ether oxygens (including phenoxy) is 1. The summed E-state index contributed by atoms with van der Waals surface area (Å²) in [6.07, 6.45) is 5.38. The van der Waals surface area contributed by atoms with E-state index in [1.807, 2.05) is 0 Å². The van der Waals surface area contributed by atoms with E-state index >= 15 is 0 Å². The molecule has 1 aromatic rings. The molecule has 1 N–H and O–H groups in total. The molecule has 2 rings (SSSR count). The van der Waals surface area contributed by atoms with E-state index in [0.29, 0.717) is 18.8 Å². The summed E-state index contributed by atoms with van der Waals surface area (Å²) in [6, 6.07) is 0. The number of aromatic nitrogens is 2.